The lowest BCUT2D eigenvalue weighted by molar-refractivity contribution is -0.121. The molecule has 11 nitrogen and oxygen atoms in total. The van der Waals surface area contributed by atoms with E-state index in [4.69, 9.17) is 24.7 Å². The van der Waals surface area contributed by atoms with Gasteiger partial charge in [0.2, 0.25) is 11.8 Å². The molecule has 0 radical (unpaired) electrons. The number of nitrogens with two attached hydrogens (primary N) is 1. The number of primary amides is 1. The summed E-state index contributed by atoms with van der Waals surface area (Å²) in [5, 5.41) is 8.49. The highest BCUT2D eigenvalue weighted by molar-refractivity contribution is 7.99. The largest absolute Gasteiger partial charge is 0.379 e. The van der Waals surface area contributed by atoms with Crippen LogP contribution in [0, 0.1) is 0 Å². The van der Waals surface area contributed by atoms with Crippen molar-refractivity contribution in [3.05, 3.63) is 0 Å². The van der Waals surface area contributed by atoms with Gasteiger partial charge in [0, 0.05) is 30.9 Å². The highest BCUT2D eigenvalue weighted by atomic mass is 32.2. The van der Waals surface area contributed by atoms with Crippen LogP contribution in [0.15, 0.2) is 0 Å². The Morgan fingerprint density at radius 1 is 0.909 bits per heavy atom. The molecule has 0 bridgehead atoms. The van der Waals surface area contributed by atoms with E-state index in [9.17, 15) is 14.4 Å². The zero-order valence-electron chi connectivity index (χ0n) is 19.6. The number of urea groups is 1. The Morgan fingerprint density at radius 3 is 1.94 bits per heavy atom. The van der Waals surface area contributed by atoms with Gasteiger partial charge in [-0.1, -0.05) is 13.3 Å². The van der Waals surface area contributed by atoms with Crippen molar-refractivity contribution in [1.29, 1.82) is 0 Å². The van der Waals surface area contributed by atoms with E-state index in [1.165, 1.54) is 0 Å². The fraction of sp³-hybridized carbons (Fsp3) is 0.857. The van der Waals surface area contributed by atoms with Gasteiger partial charge in [0.1, 0.15) is 0 Å². The first-order valence-electron chi connectivity index (χ1n) is 11.5. The van der Waals surface area contributed by atoms with E-state index in [0.717, 1.165) is 24.3 Å². The first kappa shape index (κ1) is 29.4. The second-order valence-electron chi connectivity index (χ2n) is 7.49. The summed E-state index contributed by atoms with van der Waals surface area (Å²) >= 11 is 1.89. The van der Waals surface area contributed by atoms with Gasteiger partial charge in [-0.05, 0) is 6.42 Å². The Hall–Kier alpha value is -1.60. The van der Waals surface area contributed by atoms with Gasteiger partial charge in [-0.3, -0.25) is 9.59 Å². The van der Waals surface area contributed by atoms with E-state index < -0.39 is 0 Å². The quantitative estimate of drug-likeness (QED) is 0.154. The first-order valence-corrected chi connectivity index (χ1v) is 12.7. The number of fused-ring (bicyclic) bond motifs is 1. The monoisotopic (exact) mass is 492 g/mol. The van der Waals surface area contributed by atoms with Crippen LogP contribution in [0.5, 0.6) is 0 Å². The molecule has 0 aromatic rings. The van der Waals surface area contributed by atoms with Gasteiger partial charge < -0.3 is 40.6 Å². The van der Waals surface area contributed by atoms with Crippen LogP contribution < -0.4 is 21.7 Å². The maximum absolute atomic E-state index is 11.3. The van der Waals surface area contributed by atoms with Crippen LogP contribution in [0.25, 0.3) is 0 Å². The number of hydrogen-bond donors (Lipinski definition) is 4. The van der Waals surface area contributed by atoms with Crippen LogP contribution >= 0.6 is 11.8 Å². The molecular formula is C21H40N4O7S. The summed E-state index contributed by atoms with van der Waals surface area (Å²) in [6, 6.07) is 0.815. The Kier molecular flexibility index (Phi) is 17.7. The van der Waals surface area contributed by atoms with Crippen molar-refractivity contribution in [2.45, 2.75) is 44.7 Å². The van der Waals surface area contributed by atoms with Crippen molar-refractivity contribution in [1.82, 2.24) is 16.0 Å². The Labute approximate surface area is 200 Å². The van der Waals surface area contributed by atoms with Crippen molar-refractivity contribution in [3.8, 4) is 0 Å². The number of hydrogen-bond acceptors (Lipinski definition) is 8. The summed E-state index contributed by atoms with van der Waals surface area (Å²) in [5.41, 5.74) is 4.97. The van der Waals surface area contributed by atoms with E-state index >= 15 is 0 Å². The molecule has 2 heterocycles. The van der Waals surface area contributed by atoms with Crippen molar-refractivity contribution in [2.75, 3.05) is 70.9 Å². The zero-order chi connectivity index (χ0) is 24.2. The van der Waals surface area contributed by atoms with Crippen LogP contribution in [0.2, 0.25) is 0 Å². The number of carbonyl (C=O) groups is 3. The average Bonchev–Trinajstić information content (AvgIpc) is 3.36. The molecule has 0 saturated carbocycles. The van der Waals surface area contributed by atoms with Gasteiger partial charge in [-0.25, -0.2) is 4.79 Å². The summed E-state index contributed by atoms with van der Waals surface area (Å²) in [7, 11) is 0. The van der Waals surface area contributed by atoms with Gasteiger partial charge in [0.25, 0.3) is 0 Å². The summed E-state index contributed by atoms with van der Waals surface area (Å²) in [4.78, 5) is 32.4. The summed E-state index contributed by atoms with van der Waals surface area (Å²) < 4.78 is 21.1. The molecule has 0 aromatic carbocycles. The maximum atomic E-state index is 11.3. The molecule has 33 heavy (non-hydrogen) atoms. The van der Waals surface area contributed by atoms with Gasteiger partial charge >= 0.3 is 6.03 Å². The van der Waals surface area contributed by atoms with Crippen LogP contribution in [-0.4, -0.2) is 101 Å². The lowest BCUT2D eigenvalue weighted by Crippen LogP contribution is -2.31. The van der Waals surface area contributed by atoms with Gasteiger partial charge in [0.15, 0.2) is 0 Å². The highest BCUT2D eigenvalue weighted by Crippen LogP contribution is 2.20. The third-order valence-corrected chi connectivity index (χ3v) is 5.84. The third kappa shape index (κ3) is 16.6. The molecule has 5 N–H and O–H groups in total. The van der Waals surface area contributed by atoms with E-state index in [2.05, 4.69) is 22.9 Å². The summed E-state index contributed by atoms with van der Waals surface area (Å²) in [6.45, 7) is 6.22. The Bertz CT molecular complexity index is 543. The van der Waals surface area contributed by atoms with Crippen molar-refractivity contribution in [2.24, 2.45) is 5.73 Å². The number of nitrogens with one attached hydrogen (secondary N) is 3. The van der Waals surface area contributed by atoms with Crippen LogP contribution in [-0.2, 0) is 28.5 Å². The molecule has 2 fully saturated rings. The molecule has 2 rings (SSSR count). The Morgan fingerprint density at radius 2 is 1.42 bits per heavy atom. The molecule has 0 spiro atoms. The van der Waals surface area contributed by atoms with Crippen LogP contribution in [0.3, 0.4) is 0 Å². The zero-order valence-corrected chi connectivity index (χ0v) is 20.4. The average molecular weight is 493 g/mol. The minimum atomic E-state index is -0.370. The molecule has 192 valence electrons. The van der Waals surface area contributed by atoms with E-state index in [-0.39, 0.29) is 24.3 Å². The SMILES string of the molecule is CCCCC(=O)NCCOCCOCCOCCOCCC(N)=O.O=C1NC2CSCC2N1. The first-order chi connectivity index (χ1) is 16.0. The molecule has 12 heteroatoms. The molecule has 0 aliphatic carbocycles. The van der Waals surface area contributed by atoms with E-state index in [1.54, 1.807) is 0 Å². The fourth-order valence-electron chi connectivity index (χ4n) is 2.84. The molecule has 2 aliphatic heterocycles. The normalized spacial score (nSPS) is 18.6. The fourth-order valence-corrected chi connectivity index (χ4v) is 4.12. The van der Waals surface area contributed by atoms with Crippen LogP contribution in [0.1, 0.15) is 32.6 Å². The number of thioether (sulfide) groups is 1. The molecule has 2 unspecified atom stereocenters. The number of rotatable bonds is 18. The summed E-state index contributed by atoms with van der Waals surface area (Å²) in [6.07, 6.45) is 2.75. The lowest BCUT2D eigenvalue weighted by atomic mass is 10.2. The second kappa shape index (κ2) is 19.8. The van der Waals surface area contributed by atoms with Gasteiger partial charge in [0.05, 0.1) is 64.9 Å². The topological polar surface area (TPSA) is 150 Å². The van der Waals surface area contributed by atoms with E-state index in [0.29, 0.717) is 77.9 Å². The Balaban J connectivity index is 0.000000490. The van der Waals surface area contributed by atoms with Crippen molar-refractivity contribution < 1.29 is 33.3 Å². The predicted molar refractivity (Wildman–Crippen MR) is 126 cm³/mol. The number of amides is 4. The minimum absolute atomic E-state index is 0.00491. The van der Waals surface area contributed by atoms with Crippen LogP contribution in [0.4, 0.5) is 4.79 Å². The molecule has 2 saturated heterocycles. The highest BCUT2D eigenvalue weighted by Gasteiger charge is 2.35. The van der Waals surface area contributed by atoms with E-state index in [1.807, 2.05) is 11.8 Å². The van der Waals surface area contributed by atoms with Crippen molar-refractivity contribution in [3.63, 3.8) is 0 Å². The molecule has 2 aliphatic rings. The minimum Gasteiger partial charge on any atom is -0.379 e. The second-order valence-corrected chi connectivity index (χ2v) is 8.56. The third-order valence-electron chi connectivity index (χ3n) is 4.65. The molecule has 4 amide bonds. The molecular weight excluding hydrogens is 452 g/mol. The molecule has 2 atom stereocenters. The number of unbranched alkanes of at least 4 members (excludes halogenated alkanes) is 1. The number of ether oxygens (including phenoxy) is 4. The van der Waals surface area contributed by atoms with Gasteiger partial charge in [-0.2, -0.15) is 11.8 Å². The predicted octanol–water partition coefficient (Wildman–Crippen LogP) is 0.0178. The lowest BCUT2D eigenvalue weighted by Gasteiger charge is -2.08. The maximum Gasteiger partial charge on any atom is 0.315 e. The van der Waals surface area contributed by atoms with Crippen molar-refractivity contribution >= 4 is 29.6 Å². The van der Waals surface area contributed by atoms with Gasteiger partial charge in [-0.15, -0.1) is 0 Å². The number of carbonyl (C=O) groups excluding carboxylic acids is 3. The summed E-state index contributed by atoms with van der Waals surface area (Å²) in [5.74, 6) is 1.85. The smallest absolute Gasteiger partial charge is 0.315 e. The standard InChI is InChI=1S/C16H32N2O6.C5H8N2OS/c1-2-3-4-16(20)18-6-8-22-10-12-24-14-13-23-11-9-21-7-5-15(17)19;8-5-6-3-1-9-2-4(3)7-5/h2-14H2,1H3,(H2,17,19)(H,18,20);3-4H,1-2H2,(H2,6,7,8). The molecule has 0 aromatic heterocycles.